The van der Waals surface area contributed by atoms with E-state index in [1.165, 1.54) is 18.7 Å². The van der Waals surface area contributed by atoms with E-state index < -0.39 is 157 Å². The lowest BCUT2D eigenvalue weighted by molar-refractivity contribution is -0.144. The van der Waals surface area contributed by atoms with Crippen molar-refractivity contribution in [1.82, 2.24) is 47.4 Å². The van der Waals surface area contributed by atoms with E-state index in [0.717, 1.165) is 6.92 Å². The molecular weight excluding hydrogens is 1000 g/mol. The Kier molecular flexibility index (Phi) is 30.1. The average molecular weight is 1090 g/mol. The van der Waals surface area contributed by atoms with Gasteiger partial charge in [-0.05, 0) is 82.6 Å². The van der Waals surface area contributed by atoms with Crippen LogP contribution in [0.4, 0.5) is 0 Å². The first-order valence-corrected chi connectivity index (χ1v) is 25.5. The van der Waals surface area contributed by atoms with E-state index in [2.05, 4.69) is 42.2 Å². The molecule has 1 aliphatic rings. The fourth-order valence-corrected chi connectivity index (χ4v) is 7.86. The van der Waals surface area contributed by atoms with Crippen molar-refractivity contribution < 1.29 is 73.2 Å². The number of nitrogens with two attached hydrogens (primary N) is 4. The zero-order valence-electron chi connectivity index (χ0n) is 44.6. The summed E-state index contributed by atoms with van der Waals surface area (Å²) in [5, 5.41) is 58.0. The van der Waals surface area contributed by atoms with E-state index in [1.54, 1.807) is 13.8 Å². The van der Waals surface area contributed by atoms with Gasteiger partial charge in [-0.25, -0.2) is 0 Å². The van der Waals surface area contributed by atoms with Crippen molar-refractivity contribution in [2.45, 2.75) is 173 Å². The molecule has 1 fully saturated rings. The number of unbranched alkanes of at least 4 members (excludes halogenated alkanes) is 1. The summed E-state index contributed by atoms with van der Waals surface area (Å²) in [6, 6.07) is -14.1. The minimum atomic E-state index is -1.88. The van der Waals surface area contributed by atoms with Gasteiger partial charge in [-0.15, -0.1) is 0 Å². The van der Waals surface area contributed by atoms with Crippen molar-refractivity contribution in [3.8, 4) is 0 Å². The summed E-state index contributed by atoms with van der Waals surface area (Å²) in [4.78, 5) is 151. The van der Waals surface area contributed by atoms with Crippen LogP contribution in [0.1, 0.15) is 113 Å². The number of hydrogen-bond donors (Lipinski definition) is 16. The highest BCUT2D eigenvalue weighted by molar-refractivity contribution is 5.99. The largest absolute Gasteiger partial charge is 0.481 e. The summed E-state index contributed by atoms with van der Waals surface area (Å²) >= 11 is 0. The van der Waals surface area contributed by atoms with Crippen molar-refractivity contribution in [3.63, 3.8) is 0 Å². The molecule has 0 aromatic carbocycles. The molecule has 1 aliphatic heterocycles. The third kappa shape index (κ3) is 23.0. The van der Waals surface area contributed by atoms with Gasteiger partial charge in [-0.3, -0.25) is 57.7 Å². The molecule has 29 nitrogen and oxygen atoms in total. The quantitative estimate of drug-likeness (QED) is 0.0160. The summed E-state index contributed by atoms with van der Waals surface area (Å²) < 4.78 is 0. The number of carbonyl (C=O) groups is 11. The Morgan fingerprint density at radius 1 is 0.632 bits per heavy atom. The number of amides is 9. The number of hydrogen-bond acceptors (Lipinski definition) is 16. The minimum Gasteiger partial charge on any atom is -0.481 e. The lowest BCUT2D eigenvalue weighted by Crippen LogP contribution is -2.62. The maximum absolute atomic E-state index is 14.4. The zero-order chi connectivity index (χ0) is 58.0. The van der Waals surface area contributed by atoms with E-state index in [4.69, 9.17) is 28.0 Å². The molecule has 29 heteroatoms. The normalized spacial score (nSPS) is 17.2. The van der Waals surface area contributed by atoms with Crippen LogP contribution >= 0.6 is 0 Å². The SMILES string of the molecule is CC[C@H](C)[C@H](NC(=O)[C@H](CCCN=C(N)N)NC(=O)[C@@H](N)CC(C)C)C(=O)N1CCC[C@H]1C(=O)N[C@@H](CO)C(=O)N[C@@H](CCCCN)C(=O)N[C@H](C(=O)N[C@@H](CC(=O)O)C(=O)N[C@@H](CO)C(=O)N[C@@H](C)C(=O)O)C(C)C. The Hall–Kier alpha value is -6.72. The molecular formula is C47H84N14O15. The van der Waals surface area contributed by atoms with Crippen LogP contribution in [0.15, 0.2) is 4.99 Å². The smallest absolute Gasteiger partial charge is 0.325 e. The fourth-order valence-electron chi connectivity index (χ4n) is 7.86. The van der Waals surface area contributed by atoms with Gasteiger partial charge in [0.2, 0.25) is 53.2 Å². The van der Waals surface area contributed by atoms with Crippen LogP contribution in [0.3, 0.4) is 0 Å². The van der Waals surface area contributed by atoms with Gasteiger partial charge in [-0.1, -0.05) is 48.0 Å². The highest BCUT2D eigenvalue weighted by atomic mass is 16.4. The van der Waals surface area contributed by atoms with Crippen LogP contribution in [0.2, 0.25) is 0 Å². The van der Waals surface area contributed by atoms with Crippen LogP contribution in [0.25, 0.3) is 0 Å². The topological polar surface area (TPSA) is 485 Å². The Balaban J connectivity index is 3.34. The lowest BCUT2D eigenvalue weighted by atomic mass is 9.96. The number of carbonyl (C=O) groups excluding carboxylic acids is 9. The summed E-state index contributed by atoms with van der Waals surface area (Å²) in [6.07, 6.45) is 1.14. The van der Waals surface area contributed by atoms with Crippen LogP contribution in [-0.4, -0.2) is 190 Å². The number of nitrogens with zero attached hydrogens (tertiary/aromatic N) is 2. The van der Waals surface area contributed by atoms with Crippen LogP contribution in [0.5, 0.6) is 0 Å². The second-order valence-electron chi connectivity index (χ2n) is 19.6. The van der Waals surface area contributed by atoms with Crippen molar-refractivity contribution >= 4 is 71.1 Å². The molecule has 0 aliphatic carbocycles. The minimum absolute atomic E-state index is 0.0678. The average Bonchev–Trinajstić information content (AvgIpc) is 3.85. The molecule has 0 unspecified atom stereocenters. The van der Waals surface area contributed by atoms with Gasteiger partial charge < -0.3 is 90.8 Å². The van der Waals surface area contributed by atoms with Crippen LogP contribution in [0, 0.1) is 17.8 Å². The Morgan fingerprint density at radius 2 is 1.13 bits per heavy atom. The van der Waals surface area contributed by atoms with Gasteiger partial charge in [0.25, 0.3) is 0 Å². The summed E-state index contributed by atoms with van der Waals surface area (Å²) in [6.45, 7) is 9.83. The van der Waals surface area contributed by atoms with Crippen molar-refractivity contribution in [3.05, 3.63) is 0 Å². The van der Waals surface area contributed by atoms with Gasteiger partial charge in [0, 0.05) is 13.1 Å². The second-order valence-corrected chi connectivity index (χ2v) is 19.6. The lowest BCUT2D eigenvalue weighted by Gasteiger charge is -2.33. The van der Waals surface area contributed by atoms with E-state index >= 15 is 0 Å². The number of guanidine groups is 1. The standard InChI is InChI=1S/C47H84N14O15/c1-8-25(6)36(60-39(68)29(14-11-17-52-47(50)51)54-37(66)27(49)19-23(2)3)45(74)61-18-12-15-33(61)43(72)58-32(22-63)42(71)55-28(13-9-10-16-48)38(67)59-35(24(4)5)44(73)56-30(20-34(64)65)40(69)57-31(21-62)41(70)53-26(7)46(75)76/h23-33,35-36,62-63H,8-22,48-49H2,1-7H3,(H,53,70)(H,54,66)(H,55,71)(H,56,73)(H,57,69)(H,58,72)(H,59,67)(H,60,68)(H,64,65)(H,75,76)(H4,50,51,52)/t25-,26-,27-,28-,29-,30-,31-,32-,33-,35-,36-/m0/s1. The summed E-state index contributed by atoms with van der Waals surface area (Å²) in [5.74, 6) is -12.4. The number of aliphatic carboxylic acids is 2. The third-order valence-electron chi connectivity index (χ3n) is 12.5. The number of rotatable bonds is 35. The van der Waals surface area contributed by atoms with Crippen LogP contribution in [-0.2, 0) is 52.7 Å². The number of nitrogens with one attached hydrogen (secondary N) is 8. The van der Waals surface area contributed by atoms with Gasteiger partial charge in [-0.2, -0.15) is 0 Å². The zero-order valence-corrected chi connectivity index (χ0v) is 44.6. The van der Waals surface area contributed by atoms with Crippen molar-refractivity contribution in [2.75, 3.05) is 32.8 Å². The highest BCUT2D eigenvalue weighted by Gasteiger charge is 2.42. The summed E-state index contributed by atoms with van der Waals surface area (Å²) in [5.41, 5.74) is 22.7. The molecule has 76 heavy (non-hydrogen) atoms. The molecule has 0 aromatic rings. The fraction of sp³-hybridized carbons (Fsp3) is 0.745. The molecule has 0 saturated carbocycles. The first-order valence-electron chi connectivity index (χ1n) is 25.5. The number of aliphatic imine (C=N–C) groups is 1. The number of likely N-dealkylation sites (tertiary alicyclic amines) is 1. The van der Waals surface area contributed by atoms with Crippen LogP contribution < -0.4 is 65.5 Å². The molecule has 432 valence electrons. The maximum atomic E-state index is 14.4. The van der Waals surface area contributed by atoms with E-state index in [9.17, 15) is 68.1 Å². The molecule has 1 rings (SSSR count). The van der Waals surface area contributed by atoms with E-state index in [0.29, 0.717) is 25.7 Å². The Bertz CT molecular complexity index is 2020. The molecule has 0 radical (unpaired) electrons. The predicted molar refractivity (Wildman–Crippen MR) is 274 cm³/mol. The second kappa shape index (κ2) is 34.0. The molecule has 1 heterocycles. The number of carboxylic acid groups (broad SMARTS) is 2. The van der Waals surface area contributed by atoms with Crippen molar-refractivity contribution in [1.29, 1.82) is 0 Å². The maximum Gasteiger partial charge on any atom is 0.325 e. The Morgan fingerprint density at radius 3 is 1.64 bits per heavy atom. The first-order chi connectivity index (χ1) is 35.6. The van der Waals surface area contributed by atoms with Crippen molar-refractivity contribution in [2.24, 2.45) is 45.7 Å². The first kappa shape index (κ1) is 67.3. The Labute approximate surface area is 442 Å². The van der Waals surface area contributed by atoms with Gasteiger partial charge in [0.1, 0.15) is 54.4 Å². The molecule has 1 saturated heterocycles. The highest BCUT2D eigenvalue weighted by Crippen LogP contribution is 2.22. The third-order valence-corrected chi connectivity index (χ3v) is 12.5. The summed E-state index contributed by atoms with van der Waals surface area (Å²) in [7, 11) is 0. The van der Waals surface area contributed by atoms with E-state index in [1.807, 2.05) is 19.2 Å². The van der Waals surface area contributed by atoms with Gasteiger partial charge in [0.15, 0.2) is 5.96 Å². The molecule has 0 bridgehead atoms. The number of carboxylic acids is 2. The predicted octanol–water partition coefficient (Wildman–Crippen LogP) is -5.32. The van der Waals surface area contributed by atoms with Gasteiger partial charge >= 0.3 is 11.9 Å². The van der Waals surface area contributed by atoms with E-state index in [-0.39, 0.29) is 63.6 Å². The van der Waals surface area contributed by atoms with Gasteiger partial charge in [0.05, 0.1) is 25.7 Å². The monoisotopic (exact) mass is 1080 g/mol. The molecule has 11 atom stereocenters. The molecule has 0 spiro atoms. The number of aliphatic hydroxyl groups is 2. The molecule has 9 amide bonds. The number of aliphatic hydroxyl groups excluding tert-OH is 2. The molecule has 0 aromatic heterocycles. The molecule has 20 N–H and O–H groups in total.